The van der Waals surface area contributed by atoms with Gasteiger partial charge in [0.25, 0.3) is 0 Å². The lowest BCUT2D eigenvalue weighted by atomic mass is 10.1. The molecule has 1 aromatic rings. The van der Waals surface area contributed by atoms with Gasteiger partial charge in [-0.3, -0.25) is 4.99 Å². The Morgan fingerprint density at radius 1 is 1.20 bits per heavy atom. The van der Waals surface area contributed by atoms with Crippen LogP contribution in [0.1, 0.15) is 5.56 Å². The molecule has 7 heteroatoms. The maximum absolute atomic E-state index is 5.69. The minimum absolute atomic E-state index is 0.313. The van der Waals surface area contributed by atoms with Crippen LogP contribution in [0.15, 0.2) is 17.1 Å². The van der Waals surface area contributed by atoms with Crippen LogP contribution < -0.4 is 25.4 Å². The van der Waals surface area contributed by atoms with Crippen LogP contribution in [-0.4, -0.2) is 45.4 Å². The number of nitrogens with one attached hydrogen (secondary N) is 1. The predicted octanol–water partition coefficient (Wildman–Crippen LogP) is 0.0767. The van der Waals surface area contributed by atoms with Gasteiger partial charge in [0.05, 0.1) is 12.1 Å². The monoisotopic (exact) mass is 279 g/mol. The van der Waals surface area contributed by atoms with E-state index in [9.17, 15) is 0 Å². The van der Waals surface area contributed by atoms with Crippen LogP contribution >= 0.6 is 0 Å². The summed E-state index contributed by atoms with van der Waals surface area (Å²) >= 11 is 0. The Hall–Kier alpha value is -1.99. The molecule has 3 rings (SSSR count). The molecular weight excluding hydrogens is 262 g/mol. The number of hydrogen-bond donors (Lipinski definition) is 2. The molecule has 2 aliphatic rings. The lowest BCUT2D eigenvalue weighted by Crippen LogP contribution is -2.22. The van der Waals surface area contributed by atoms with Gasteiger partial charge in [-0.15, -0.1) is 0 Å². The Morgan fingerprint density at radius 2 is 2.00 bits per heavy atom. The van der Waals surface area contributed by atoms with E-state index in [1.807, 2.05) is 12.1 Å². The summed E-state index contributed by atoms with van der Waals surface area (Å²) in [6, 6.07) is 3.72. The third kappa shape index (κ3) is 2.63. The van der Waals surface area contributed by atoms with Crippen LogP contribution in [-0.2, 0) is 4.84 Å². The second-order valence-electron chi connectivity index (χ2n) is 4.37. The number of aliphatic imine (C=N–C) groups is 1. The summed E-state index contributed by atoms with van der Waals surface area (Å²) in [5.74, 6) is 7.89. The Bertz CT molecular complexity index is 519. The van der Waals surface area contributed by atoms with E-state index in [4.69, 9.17) is 20.1 Å². The average molecular weight is 279 g/mol. The van der Waals surface area contributed by atoms with Gasteiger partial charge in [-0.25, -0.2) is 5.90 Å². The Morgan fingerprint density at radius 3 is 2.70 bits per heavy atom. The van der Waals surface area contributed by atoms with Crippen molar-refractivity contribution in [3.8, 4) is 17.2 Å². The van der Waals surface area contributed by atoms with Crippen LogP contribution in [0.3, 0.4) is 0 Å². The maximum Gasteiger partial charge on any atom is 0.165 e. The van der Waals surface area contributed by atoms with Crippen molar-refractivity contribution >= 4 is 5.84 Å². The molecule has 0 aromatic heterocycles. The van der Waals surface area contributed by atoms with Crippen LogP contribution in [0.4, 0.5) is 0 Å². The van der Waals surface area contributed by atoms with Gasteiger partial charge >= 0.3 is 0 Å². The SMILES string of the molecule is NOCCOc1cc2c(cc1C1=NCCN1)OCCO2. The predicted molar refractivity (Wildman–Crippen MR) is 72.5 cm³/mol. The minimum Gasteiger partial charge on any atom is -0.490 e. The highest BCUT2D eigenvalue weighted by molar-refractivity contribution is 6.02. The first-order valence-electron chi connectivity index (χ1n) is 6.55. The van der Waals surface area contributed by atoms with Gasteiger partial charge in [0, 0.05) is 12.6 Å². The fourth-order valence-electron chi connectivity index (χ4n) is 2.15. The van der Waals surface area contributed by atoms with E-state index in [2.05, 4.69) is 15.1 Å². The molecule has 0 radical (unpaired) electrons. The molecule has 0 saturated heterocycles. The maximum atomic E-state index is 5.69. The Labute approximate surface area is 116 Å². The topological polar surface area (TPSA) is 87.3 Å². The van der Waals surface area contributed by atoms with Crippen molar-refractivity contribution in [2.45, 2.75) is 0 Å². The van der Waals surface area contributed by atoms with Gasteiger partial charge in [0.2, 0.25) is 0 Å². The van der Waals surface area contributed by atoms with E-state index >= 15 is 0 Å². The van der Waals surface area contributed by atoms with E-state index in [-0.39, 0.29) is 0 Å². The lowest BCUT2D eigenvalue weighted by molar-refractivity contribution is 0.101. The number of nitrogens with zero attached hydrogens (tertiary/aromatic N) is 1. The normalized spacial score (nSPS) is 16.6. The lowest BCUT2D eigenvalue weighted by Gasteiger charge is -2.21. The quantitative estimate of drug-likeness (QED) is 0.586. The molecule has 0 amide bonds. The van der Waals surface area contributed by atoms with Crippen LogP contribution in [0.5, 0.6) is 17.2 Å². The summed E-state index contributed by atoms with van der Waals surface area (Å²) in [6.07, 6.45) is 0. The van der Waals surface area contributed by atoms with Crippen molar-refractivity contribution in [3.63, 3.8) is 0 Å². The Balaban J connectivity index is 1.91. The van der Waals surface area contributed by atoms with Crippen molar-refractivity contribution in [3.05, 3.63) is 17.7 Å². The highest BCUT2D eigenvalue weighted by Gasteiger charge is 2.21. The number of fused-ring (bicyclic) bond motifs is 1. The third-order valence-electron chi connectivity index (χ3n) is 3.03. The van der Waals surface area contributed by atoms with Gasteiger partial charge in [-0.1, -0.05) is 0 Å². The van der Waals surface area contributed by atoms with Gasteiger partial charge in [-0.05, 0) is 6.07 Å². The van der Waals surface area contributed by atoms with Gasteiger partial charge in [-0.2, -0.15) is 0 Å². The van der Waals surface area contributed by atoms with E-state index in [1.165, 1.54) is 0 Å². The number of nitrogens with two attached hydrogens (primary N) is 1. The van der Waals surface area contributed by atoms with E-state index in [0.29, 0.717) is 43.7 Å². The summed E-state index contributed by atoms with van der Waals surface area (Å²) in [7, 11) is 0. The molecule has 20 heavy (non-hydrogen) atoms. The van der Waals surface area contributed by atoms with Crippen LogP contribution in [0.25, 0.3) is 0 Å². The highest BCUT2D eigenvalue weighted by Crippen LogP contribution is 2.37. The summed E-state index contributed by atoms with van der Waals surface area (Å²) in [4.78, 5) is 8.93. The number of benzene rings is 1. The molecule has 0 unspecified atom stereocenters. The van der Waals surface area contributed by atoms with Crippen molar-refractivity contribution in [1.82, 2.24) is 5.32 Å². The zero-order chi connectivity index (χ0) is 13.8. The summed E-state index contributed by atoms with van der Waals surface area (Å²) < 4.78 is 16.9. The molecule has 0 fully saturated rings. The number of amidine groups is 1. The zero-order valence-electron chi connectivity index (χ0n) is 11.1. The first-order valence-corrected chi connectivity index (χ1v) is 6.55. The fraction of sp³-hybridized carbons (Fsp3) is 0.462. The molecule has 0 spiro atoms. The largest absolute Gasteiger partial charge is 0.490 e. The second-order valence-corrected chi connectivity index (χ2v) is 4.37. The third-order valence-corrected chi connectivity index (χ3v) is 3.03. The smallest absolute Gasteiger partial charge is 0.165 e. The minimum atomic E-state index is 0.313. The van der Waals surface area contributed by atoms with Crippen molar-refractivity contribution in [2.75, 3.05) is 39.5 Å². The van der Waals surface area contributed by atoms with Gasteiger partial charge in [0.1, 0.15) is 38.0 Å². The average Bonchev–Trinajstić information content (AvgIpc) is 3.01. The highest BCUT2D eigenvalue weighted by atomic mass is 16.6. The van der Waals surface area contributed by atoms with Crippen LogP contribution in [0, 0.1) is 0 Å². The van der Waals surface area contributed by atoms with Crippen LogP contribution in [0.2, 0.25) is 0 Å². The molecule has 108 valence electrons. The van der Waals surface area contributed by atoms with E-state index in [0.717, 1.165) is 24.5 Å². The molecule has 0 saturated carbocycles. The standard InChI is InChI=1S/C13H17N3O4/c14-20-6-5-17-10-8-12-11(18-3-4-19-12)7-9(10)13-15-1-2-16-13/h7-8H,1-6,14H2,(H,15,16). The van der Waals surface area contributed by atoms with E-state index in [1.54, 1.807) is 0 Å². The molecule has 3 N–H and O–H groups in total. The zero-order valence-corrected chi connectivity index (χ0v) is 11.1. The molecular formula is C13H17N3O4. The summed E-state index contributed by atoms with van der Waals surface area (Å²) in [6.45, 7) is 3.35. The second kappa shape index (κ2) is 5.98. The molecule has 0 bridgehead atoms. The molecule has 0 atom stereocenters. The number of hydrogen-bond acceptors (Lipinski definition) is 7. The van der Waals surface area contributed by atoms with Crippen molar-refractivity contribution in [1.29, 1.82) is 0 Å². The van der Waals surface area contributed by atoms with Gasteiger partial charge < -0.3 is 24.4 Å². The summed E-state index contributed by atoms with van der Waals surface area (Å²) in [5.41, 5.74) is 0.865. The number of rotatable bonds is 5. The van der Waals surface area contributed by atoms with E-state index < -0.39 is 0 Å². The summed E-state index contributed by atoms with van der Waals surface area (Å²) in [5, 5.41) is 3.23. The molecule has 0 aliphatic carbocycles. The van der Waals surface area contributed by atoms with Crippen molar-refractivity contribution < 1.29 is 19.0 Å². The molecule has 7 nitrogen and oxygen atoms in total. The fourth-order valence-corrected chi connectivity index (χ4v) is 2.15. The van der Waals surface area contributed by atoms with Crippen molar-refractivity contribution in [2.24, 2.45) is 10.9 Å². The first-order chi connectivity index (χ1) is 9.88. The molecule has 2 heterocycles. The first kappa shape index (κ1) is 13.0. The van der Waals surface area contributed by atoms with Gasteiger partial charge in [0.15, 0.2) is 11.5 Å². The molecule has 1 aromatic carbocycles. The number of ether oxygens (including phenoxy) is 3. The Kier molecular flexibility index (Phi) is 3.89. The molecule has 2 aliphatic heterocycles.